The van der Waals surface area contributed by atoms with Crippen molar-refractivity contribution in [1.82, 2.24) is 9.97 Å². The third-order valence-corrected chi connectivity index (χ3v) is 13.7. The Morgan fingerprint density at radius 1 is 0.306 bits per heavy atom. The molecule has 11 aromatic rings. The van der Waals surface area contributed by atoms with E-state index in [1.807, 2.05) is 17.4 Å². The molecule has 12 rings (SSSR count). The highest BCUT2D eigenvalue weighted by molar-refractivity contribution is 7.25. The van der Waals surface area contributed by atoms with Gasteiger partial charge < -0.3 is 0 Å². The van der Waals surface area contributed by atoms with E-state index in [9.17, 15) is 0 Å². The lowest BCUT2D eigenvalue weighted by atomic mass is 9.67. The fourth-order valence-corrected chi connectivity index (χ4v) is 10.8. The molecule has 0 saturated carbocycles. The molecule has 0 fully saturated rings. The predicted molar refractivity (Wildman–Crippen MR) is 259 cm³/mol. The molecule has 0 amide bonds. The molecule has 0 saturated heterocycles. The van der Waals surface area contributed by atoms with Gasteiger partial charge in [-0.25, -0.2) is 9.97 Å². The third kappa shape index (κ3) is 5.93. The van der Waals surface area contributed by atoms with Crippen LogP contribution in [-0.2, 0) is 5.41 Å². The number of fused-ring (bicyclic) bond motifs is 6. The molecule has 2 aromatic heterocycles. The molecule has 290 valence electrons. The molecule has 0 spiro atoms. The van der Waals surface area contributed by atoms with Gasteiger partial charge in [0.2, 0.25) is 0 Å². The van der Waals surface area contributed by atoms with Gasteiger partial charge in [-0.05, 0) is 98.1 Å². The topological polar surface area (TPSA) is 25.8 Å². The summed E-state index contributed by atoms with van der Waals surface area (Å²) in [6.07, 6.45) is 0. The van der Waals surface area contributed by atoms with Crippen LogP contribution in [0.4, 0.5) is 0 Å². The van der Waals surface area contributed by atoms with Crippen molar-refractivity contribution in [2.75, 3.05) is 0 Å². The van der Waals surface area contributed by atoms with E-state index in [0.29, 0.717) is 5.82 Å². The molecule has 1 aliphatic rings. The van der Waals surface area contributed by atoms with Gasteiger partial charge in [-0.15, -0.1) is 11.3 Å². The van der Waals surface area contributed by atoms with Crippen LogP contribution in [0.1, 0.15) is 22.3 Å². The van der Waals surface area contributed by atoms with Crippen LogP contribution in [-0.4, -0.2) is 9.97 Å². The summed E-state index contributed by atoms with van der Waals surface area (Å²) < 4.78 is 2.64. The maximum atomic E-state index is 5.32. The summed E-state index contributed by atoms with van der Waals surface area (Å²) in [5, 5.41) is 2.62. The van der Waals surface area contributed by atoms with Crippen LogP contribution in [0.3, 0.4) is 0 Å². The van der Waals surface area contributed by atoms with Gasteiger partial charge in [-0.1, -0.05) is 188 Å². The molecule has 2 heterocycles. The Kier molecular flexibility index (Phi) is 8.62. The zero-order valence-electron chi connectivity index (χ0n) is 33.7. The predicted octanol–water partition coefficient (Wildman–Crippen LogP) is 15.5. The Labute approximate surface area is 365 Å². The van der Waals surface area contributed by atoms with E-state index in [1.54, 1.807) is 0 Å². The van der Waals surface area contributed by atoms with Crippen molar-refractivity contribution in [2.24, 2.45) is 0 Å². The highest BCUT2D eigenvalue weighted by Crippen LogP contribution is 2.56. The maximum Gasteiger partial charge on any atom is 0.160 e. The molecule has 1 aliphatic carbocycles. The molecule has 0 radical (unpaired) electrons. The minimum absolute atomic E-state index is 0.505. The summed E-state index contributed by atoms with van der Waals surface area (Å²) in [4.78, 5) is 10.6. The molecule has 0 aliphatic heterocycles. The Bertz CT molecular complexity index is 3420. The summed E-state index contributed by atoms with van der Waals surface area (Å²) in [5.74, 6) is 0.697. The second-order valence-electron chi connectivity index (χ2n) is 16.1. The summed E-state index contributed by atoms with van der Waals surface area (Å²) in [7, 11) is 0. The Hall–Kier alpha value is -7.72. The molecular weight excluding hydrogens is 769 g/mol. The van der Waals surface area contributed by atoms with Crippen molar-refractivity contribution in [2.45, 2.75) is 5.41 Å². The zero-order chi connectivity index (χ0) is 41.0. The molecule has 0 atom stereocenters. The molecule has 0 N–H and O–H groups in total. The molecule has 0 unspecified atom stereocenters. The smallest absolute Gasteiger partial charge is 0.160 e. The van der Waals surface area contributed by atoms with Crippen LogP contribution in [0.2, 0.25) is 0 Å². The molecular formula is C59H38N2S. The Morgan fingerprint density at radius 2 is 0.806 bits per heavy atom. The van der Waals surface area contributed by atoms with E-state index >= 15 is 0 Å². The summed E-state index contributed by atoms with van der Waals surface area (Å²) in [6.45, 7) is 0. The lowest BCUT2D eigenvalue weighted by Crippen LogP contribution is -2.28. The Morgan fingerprint density at radius 3 is 1.52 bits per heavy atom. The van der Waals surface area contributed by atoms with E-state index in [2.05, 4.69) is 224 Å². The molecule has 3 heteroatoms. The first kappa shape index (κ1) is 36.2. The SMILES string of the molecule is c1ccc(-c2nc(-c3cccc(-c4cccc(-c5ccc6sc7ccccc7c6c5)c4)c3)cc(-c3ccc4c(c3)C(c3ccccc3)(c3ccccc3)c3ccccc3-4)n2)cc1. The fraction of sp³-hybridized carbons (Fsp3) is 0.0169. The summed E-state index contributed by atoms with van der Waals surface area (Å²) >= 11 is 1.85. The number of thiophene rings is 1. The van der Waals surface area contributed by atoms with Crippen LogP contribution in [0.25, 0.3) is 87.5 Å². The maximum absolute atomic E-state index is 5.32. The van der Waals surface area contributed by atoms with E-state index in [0.717, 1.165) is 39.2 Å². The average Bonchev–Trinajstić information content (AvgIpc) is 3.88. The van der Waals surface area contributed by atoms with E-state index in [1.165, 1.54) is 64.7 Å². The van der Waals surface area contributed by atoms with Gasteiger partial charge in [0.15, 0.2) is 5.82 Å². The number of benzene rings is 9. The van der Waals surface area contributed by atoms with Gasteiger partial charge in [0.05, 0.1) is 16.8 Å². The molecule has 9 aromatic carbocycles. The first-order chi connectivity index (χ1) is 30.7. The normalized spacial score (nSPS) is 12.6. The van der Waals surface area contributed by atoms with Crippen molar-refractivity contribution < 1.29 is 0 Å². The van der Waals surface area contributed by atoms with Gasteiger partial charge in [0.25, 0.3) is 0 Å². The van der Waals surface area contributed by atoms with Gasteiger partial charge in [0.1, 0.15) is 0 Å². The largest absolute Gasteiger partial charge is 0.228 e. The quantitative estimate of drug-likeness (QED) is 0.160. The van der Waals surface area contributed by atoms with E-state index < -0.39 is 5.41 Å². The van der Waals surface area contributed by atoms with Gasteiger partial charge >= 0.3 is 0 Å². The van der Waals surface area contributed by atoms with Gasteiger partial charge in [0, 0.05) is 36.9 Å². The van der Waals surface area contributed by atoms with Gasteiger partial charge in [-0.2, -0.15) is 0 Å². The second-order valence-corrected chi connectivity index (χ2v) is 17.2. The Balaban J connectivity index is 0.991. The number of aromatic nitrogens is 2. The molecule has 0 bridgehead atoms. The first-order valence-corrected chi connectivity index (χ1v) is 22.0. The van der Waals surface area contributed by atoms with Crippen molar-refractivity contribution in [3.8, 4) is 67.3 Å². The van der Waals surface area contributed by atoms with Crippen molar-refractivity contribution in [1.29, 1.82) is 0 Å². The molecule has 2 nitrogen and oxygen atoms in total. The lowest BCUT2D eigenvalue weighted by Gasteiger charge is -2.34. The van der Waals surface area contributed by atoms with Crippen LogP contribution in [0, 0.1) is 0 Å². The number of rotatable bonds is 7. The summed E-state index contributed by atoms with van der Waals surface area (Å²) in [5.41, 5.74) is 16.6. The standard InChI is InChI=1S/C59H38N2S/c1-4-16-39(17-5-1)58-60-54(44-21-15-20-42(35-44)40-18-14-19-41(34-40)43-31-33-57-51(36-43)50-27-11-13-29-56(50)62-57)38-55(61-58)45-30-32-49-48-26-10-12-28-52(48)59(53(49)37-45,46-22-6-2-7-23-46)47-24-8-3-9-25-47/h1-38H. The minimum atomic E-state index is -0.505. The van der Waals surface area contributed by atoms with Crippen molar-refractivity contribution in [3.63, 3.8) is 0 Å². The average molecular weight is 807 g/mol. The third-order valence-electron chi connectivity index (χ3n) is 12.6. The highest BCUT2D eigenvalue weighted by atomic mass is 32.1. The van der Waals surface area contributed by atoms with E-state index in [4.69, 9.17) is 9.97 Å². The van der Waals surface area contributed by atoms with Crippen LogP contribution >= 0.6 is 11.3 Å². The van der Waals surface area contributed by atoms with Crippen molar-refractivity contribution >= 4 is 31.5 Å². The van der Waals surface area contributed by atoms with E-state index in [-0.39, 0.29) is 0 Å². The number of nitrogens with zero attached hydrogens (tertiary/aromatic N) is 2. The van der Waals surface area contributed by atoms with Crippen LogP contribution < -0.4 is 0 Å². The monoisotopic (exact) mass is 806 g/mol. The highest BCUT2D eigenvalue weighted by Gasteiger charge is 2.46. The van der Waals surface area contributed by atoms with Crippen LogP contribution in [0.15, 0.2) is 231 Å². The zero-order valence-corrected chi connectivity index (χ0v) is 34.6. The summed E-state index contributed by atoms with van der Waals surface area (Å²) in [6, 6.07) is 83.5. The van der Waals surface area contributed by atoms with Crippen molar-refractivity contribution in [3.05, 3.63) is 253 Å². The number of hydrogen-bond acceptors (Lipinski definition) is 3. The lowest BCUT2D eigenvalue weighted by molar-refractivity contribution is 0.768. The second kappa shape index (κ2) is 14.8. The van der Waals surface area contributed by atoms with Gasteiger partial charge in [-0.3, -0.25) is 0 Å². The minimum Gasteiger partial charge on any atom is -0.228 e. The number of hydrogen-bond donors (Lipinski definition) is 0. The first-order valence-electron chi connectivity index (χ1n) is 21.1. The van der Waals surface area contributed by atoms with Crippen LogP contribution in [0.5, 0.6) is 0 Å². The fourth-order valence-electron chi connectivity index (χ4n) is 9.71. The molecule has 62 heavy (non-hydrogen) atoms.